The largest absolute Gasteiger partial charge is 0.417 e. The first-order valence-electron chi connectivity index (χ1n) is 4.79. The Morgan fingerprint density at radius 3 is 2.67 bits per heavy atom. The summed E-state index contributed by atoms with van der Waals surface area (Å²) in [5.74, 6) is 5.16. The van der Waals surface area contributed by atoms with Gasteiger partial charge in [-0.3, -0.25) is 4.79 Å². The Hall–Kier alpha value is -0.930. The van der Waals surface area contributed by atoms with Crippen LogP contribution in [0.3, 0.4) is 0 Å². The van der Waals surface area contributed by atoms with Gasteiger partial charge in [-0.25, -0.2) is 0 Å². The summed E-state index contributed by atoms with van der Waals surface area (Å²) < 4.78 is 38.5. The van der Waals surface area contributed by atoms with Crippen molar-refractivity contribution in [2.24, 2.45) is 0 Å². The van der Waals surface area contributed by atoms with E-state index in [0.717, 1.165) is 17.8 Å². The third-order valence-corrected chi connectivity index (χ3v) is 3.05. The van der Waals surface area contributed by atoms with Gasteiger partial charge in [0.2, 0.25) is 0 Å². The molecule has 0 saturated heterocycles. The van der Waals surface area contributed by atoms with Gasteiger partial charge in [-0.2, -0.15) is 13.2 Å². The van der Waals surface area contributed by atoms with Gasteiger partial charge in [0.25, 0.3) is 0 Å². The number of hydrogen-bond acceptors (Lipinski definition) is 2. The van der Waals surface area contributed by atoms with E-state index in [9.17, 15) is 18.0 Å². The second-order valence-electron chi connectivity index (χ2n) is 3.27. The number of halogens is 4. The zero-order chi connectivity index (χ0) is 13.8. The van der Waals surface area contributed by atoms with E-state index in [2.05, 4.69) is 27.8 Å². The summed E-state index contributed by atoms with van der Waals surface area (Å²) >= 11 is 3.96. The fourth-order valence-electron chi connectivity index (χ4n) is 1.13. The maximum absolute atomic E-state index is 12.7. The van der Waals surface area contributed by atoms with Crippen molar-refractivity contribution in [1.29, 1.82) is 0 Å². The average Bonchev–Trinajstić information content (AvgIpc) is 2.24. The van der Waals surface area contributed by atoms with E-state index < -0.39 is 11.7 Å². The van der Waals surface area contributed by atoms with Crippen molar-refractivity contribution in [3.05, 3.63) is 33.8 Å². The van der Waals surface area contributed by atoms with Crippen molar-refractivity contribution >= 4 is 32.8 Å². The number of hydrogen-bond donors (Lipinski definition) is 0. The molecule has 0 N–H and O–H groups in total. The van der Waals surface area contributed by atoms with E-state index in [-0.39, 0.29) is 16.4 Å². The Bertz CT molecular complexity index is 514. The molecule has 1 nitrogen and oxygen atoms in total. The van der Waals surface area contributed by atoms with Crippen LogP contribution < -0.4 is 0 Å². The third kappa shape index (κ3) is 4.75. The Kier molecular flexibility index (Phi) is 5.29. The van der Waals surface area contributed by atoms with Crippen LogP contribution in [-0.4, -0.2) is 10.9 Å². The minimum absolute atomic E-state index is 0.0881. The summed E-state index contributed by atoms with van der Waals surface area (Å²) in [5.41, 5.74) is -0.868. The average molecular weight is 337 g/mol. The highest BCUT2D eigenvalue weighted by atomic mass is 79.9. The molecular weight excluding hydrogens is 329 g/mol. The van der Waals surface area contributed by atoms with Crippen molar-refractivity contribution < 1.29 is 18.0 Å². The summed E-state index contributed by atoms with van der Waals surface area (Å²) in [5, 5.41) is -0.115. The topological polar surface area (TPSA) is 17.1 Å². The molecule has 6 heteroatoms. The van der Waals surface area contributed by atoms with Gasteiger partial charge in [0.05, 0.1) is 11.3 Å². The first-order chi connectivity index (χ1) is 8.30. The van der Waals surface area contributed by atoms with Crippen LogP contribution in [0.25, 0.3) is 0 Å². The fourth-order valence-corrected chi connectivity index (χ4v) is 1.84. The van der Waals surface area contributed by atoms with E-state index in [0.29, 0.717) is 4.47 Å². The van der Waals surface area contributed by atoms with Crippen molar-refractivity contribution in [1.82, 2.24) is 0 Å². The molecule has 1 aromatic carbocycles. The molecule has 0 aliphatic rings. The van der Waals surface area contributed by atoms with Gasteiger partial charge in [-0.1, -0.05) is 39.5 Å². The van der Waals surface area contributed by atoms with Gasteiger partial charge < -0.3 is 0 Å². The van der Waals surface area contributed by atoms with Crippen molar-refractivity contribution in [3.63, 3.8) is 0 Å². The smallest absolute Gasteiger partial charge is 0.288 e. The monoisotopic (exact) mass is 336 g/mol. The van der Waals surface area contributed by atoms with Crippen LogP contribution in [0.4, 0.5) is 13.2 Å². The molecule has 1 rings (SSSR count). The molecule has 0 saturated carbocycles. The van der Waals surface area contributed by atoms with Crippen LogP contribution >= 0.6 is 27.7 Å². The van der Waals surface area contributed by atoms with Gasteiger partial charge in [-0.05, 0) is 18.2 Å². The first kappa shape index (κ1) is 15.1. The third-order valence-electron chi connectivity index (χ3n) is 1.86. The van der Waals surface area contributed by atoms with Crippen LogP contribution in [-0.2, 0) is 11.0 Å². The molecule has 18 heavy (non-hydrogen) atoms. The molecule has 0 aliphatic heterocycles. The van der Waals surface area contributed by atoms with Crippen LogP contribution in [0, 0.1) is 11.8 Å². The molecular formula is C12H8BrF3OS. The number of carbonyl (C=O) groups excluding carboxylic acids is 1. The maximum Gasteiger partial charge on any atom is 0.417 e. The molecule has 96 valence electrons. The minimum atomic E-state index is -4.44. The second kappa shape index (κ2) is 6.30. The lowest BCUT2D eigenvalue weighted by molar-refractivity contribution is -0.137. The van der Waals surface area contributed by atoms with E-state index in [1.54, 1.807) is 0 Å². The normalized spacial score (nSPS) is 10.7. The van der Waals surface area contributed by atoms with Crippen molar-refractivity contribution in [2.75, 3.05) is 5.75 Å². The van der Waals surface area contributed by atoms with Crippen LogP contribution in [0.2, 0.25) is 0 Å². The Labute approximate surface area is 115 Å². The fraction of sp³-hybridized carbons (Fsp3) is 0.250. The summed E-state index contributed by atoms with van der Waals surface area (Å²) in [6.07, 6.45) is -4.44. The quantitative estimate of drug-likeness (QED) is 0.718. The zero-order valence-electron chi connectivity index (χ0n) is 9.27. The summed E-state index contributed by atoms with van der Waals surface area (Å²) in [7, 11) is 0. The van der Waals surface area contributed by atoms with Crippen LogP contribution in [0.15, 0.2) is 22.7 Å². The Morgan fingerprint density at radius 1 is 1.44 bits per heavy atom. The summed E-state index contributed by atoms with van der Waals surface area (Å²) in [6.45, 7) is 1.38. The highest BCUT2D eigenvalue weighted by Crippen LogP contribution is 2.33. The number of thioether (sulfide) groups is 1. The molecule has 0 aromatic heterocycles. The predicted molar refractivity (Wildman–Crippen MR) is 69.2 cm³/mol. The van der Waals surface area contributed by atoms with E-state index in [4.69, 9.17) is 0 Å². The molecule has 0 spiro atoms. The molecule has 0 bridgehead atoms. The number of rotatable bonds is 1. The lowest BCUT2D eigenvalue weighted by Crippen LogP contribution is -2.07. The first-order valence-corrected chi connectivity index (χ1v) is 6.57. The molecule has 0 aliphatic carbocycles. The van der Waals surface area contributed by atoms with E-state index in [1.165, 1.54) is 19.1 Å². The number of alkyl halides is 3. The number of carbonyl (C=O) groups is 1. The lowest BCUT2D eigenvalue weighted by Gasteiger charge is -2.09. The van der Waals surface area contributed by atoms with Gasteiger partial charge in [-0.15, -0.1) is 0 Å². The molecule has 0 unspecified atom stereocenters. The summed E-state index contributed by atoms with van der Waals surface area (Å²) in [6, 6.07) is 3.79. The Morgan fingerprint density at radius 2 is 2.11 bits per heavy atom. The molecule has 0 amide bonds. The van der Waals surface area contributed by atoms with Gasteiger partial charge in [0.15, 0.2) is 5.12 Å². The second-order valence-corrected chi connectivity index (χ2v) is 5.34. The SMILES string of the molecule is CC(=O)SCC#Cc1ccc(Br)cc1C(F)(F)F. The molecule has 0 atom stereocenters. The van der Waals surface area contributed by atoms with E-state index >= 15 is 0 Å². The summed E-state index contributed by atoms with van der Waals surface area (Å²) in [4.78, 5) is 10.6. The highest BCUT2D eigenvalue weighted by molar-refractivity contribution is 9.10. The zero-order valence-corrected chi connectivity index (χ0v) is 11.7. The highest BCUT2D eigenvalue weighted by Gasteiger charge is 2.33. The minimum Gasteiger partial charge on any atom is -0.288 e. The maximum atomic E-state index is 12.7. The molecule has 0 heterocycles. The number of benzene rings is 1. The molecule has 0 radical (unpaired) electrons. The van der Waals surface area contributed by atoms with Gasteiger partial charge in [0, 0.05) is 17.0 Å². The van der Waals surface area contributed by atoms with Crippen molar-refractivity contribution in [3.8, 4) is 11.8 Å². The van der Waals surface area contributed by atoms with Crippen LogP contribution in [0.1, 0.15) is 18.1 Å². The van der Waals surface area contributed by atoms with E-state index in [1.807, 2.05) is 0 Å². The van der Waals surface area contributed by atoms with Crippen LogP contribution in [0.5, 0.6) is 0 Å². The van der Waals surface area contributed by atoms with Gasteiger partial charge in [0.1, 0.15) is 0 Å². The molecule has 0 fully saturated rings. The molecule has 1 aromatic rings. The standard InChI is InChI=1S/C12H8BrF3OS/c1-8(17)18-6-2-3-9-4-5-10(13)7-11(9)12(14,15)16/h4-5,7H,6H2,1H3. The lowest BCUT2D eigenvalue weighted by atomic mass is 10.1. The van der Waals surface area contributed by atoms with Gasteiger partial charge >= 0.3 is 6.18 Å². The van der Waals surface area contributed by atoms with Crippen molar-refractivity contribution in [2.45, 2.75) is 13.1 Å². The predicted octanol–water partition coefficient (Wildman–Crippen LogP) is 4.10. The Balaban J connectivity index is 2.98.